The minimum atomic E-state index is -0.365. The van der Waals surface area contributed by atoms with Crippen LogP contribution in [0.2, 0.25) is 0 Å². The normalized spacial score (nSPS) is 10.7. The van der Waals surface area contributed by atoms with Crippen molar-refractivity contribution < 1.29 is 19.4 Å². The van der Waals surface area contributed by atoms with Crippen molar-refractivity contribution in [2.24, 2.45) is 0 Å². The van der Waals surface area contributed by atoms with Crippen LogP contribution in [-0.2, 0) is 26.1 Å². The van der Waals surface area contributed by atoms with Crippen LogP contribution >= 0.6 is 0 Å². The average Bonchev–Trinajstić information content (AvgIpc) is 2.37. The van der Waals surface area contributed by atoms with E-state index in [0.29, 0.717) is 6.61 Å². The van der Waals surface area contributed by atoms with E-state index in [4.69, 9.17) is 9.47 Å². The van der Waals surface area contributed by atoms with E-state index in [-0.39, 0.29) is 38.4 Å². The van der Waals surface area contributed by atoms with Crippen LogP contribution in [0.3, 0.4) is 0 Å². The Bertz CT molecular complexity index is 525. The molecule has 0 saturated heterocycles. The maximum Gasteiger partial charge on any atom is 0.315 e. The number of esters is 1. The lowest BCUT2D eigenvalue weighted by Crippen LogP contribution is -2.13. The average molecular weight is 324 g/mol. The third-order valence-electron chi connectivity index (χ3n) is 3.03. The van der Waals surface area contributed by atoms with Gasteiger partial charge in [-0.05, 0) is 36.0 Å². The van der Waals surface area contributed by atoms with Gasteiger partial charge in [0.1, 0.15) is 18.3 Å². The van der Waals surface area contributed by atoms with Crippen molar-refractivity contribution in [2.45, 2.75) is 61.3 Å². The Kier molecular flexibility index (Phi) is 10.1. The van der Waals surface area contributed by atoms with E-state index >= 15 is 0 Å². The standard InChI is InChI=1S/C17H24O4.2CH4/c1-6-20-7-8-21-15(18)11-13-9-12(2)16(19)14(10-13)17(3,4)5;;/h7-10,19H,6,11H2,1-5H3;2*1H4/b8-7+;;. The molecular weight excluding hydrogens is 292 g/mol. The van der Waals surface area contributed by atoms with Gasteiger partial charge in [0.05, 0.1) is 13.0 Å². The molecule has 0 radical (unpaired) electrons. The summed E-state index contributed by atoms with van der Waals surface area (Å²) in [5.74, 6) is -0.0771. The molecule has 1 aromatic rings. The van der Waals surface area contributed by atoms with E-state index in [0.717, 1.165) is 16.7 Å². The molecule has 0 heterocycles. The number of carbonyl (C=O) groups is 1. The van der Waals surface area contributed by atoms with Gasteiger partial charge in [0.15, 0.2) is 0 Å². The molecule has 1 aromatic carbocycles. The number of ether oxygens (including phenoxy) is 2. The predicted molar refractivity (Wildman–Crippen MR) is 95.6 cm³/mol. The molecule has 23 heavy (non-hydrogen) atoms. The molecule has 0 aliphatic heterocycles. The van der Waals surface area contributed by atoms with Gasteiger partial charge in [-0.3, -0.25) is 4.79 Å². The summed E-state index contributed by atoms with van der Waals surface area (Å²) >= 11 is 0. The second kappa shape index (κ2) is 9.93. The summed E-state index contributed by atoms with van der Waals surface area (Å²) in [5, 5.41) is 10.1. The monoisotopic (exact) mass is 324 g/mol. The first-order valence-electron chi connectivity index (χ1n) is 7.04. The molecular formula is C19H32O4. The van der Waals surface area contributed by atoms with Crippen molar-refractivity contribution in [3.05, 3.63) is 41.3 Å². The van der Waals surface area contributed by atoms with Gasteiger partial charge < -0.3 is 14.6 Å². The molecule has 0 amide bonds. The molecule has 0 fully saturated rings. The van der Waals surface area contributed by atoms with Crippen LogP contribution in [0.15, 0.2) is 24.7 Å². The molecule has 4 nitrogen and oxygen atoms in total. The first-order valence-corrected chi connectivity index (χ1v) is 7.04. The Morgan fingerprint density at radius 3 is 2.35 bits per heavy atom. The fraction of sp³-hybridized carbons (Fsp3) is 0.526. The van der Waals surface area contributed by atoms with Gasteiger partial charge in [-0.25, -0.2) is 0 Å². The Morgan fingerprint density at radius 2 is 1.83 bits per heavy atom. The quantitative estimate of drug-likeness (QED) is 0.620. The smallest absolute Gasteiger partial charge is 0.315 e. The van der Waals surface area contributed by atoms with E-state index in [1.165, 1.54) is 12.5 Å². The zero-order chi connectivity index (χ0) is 16.0. The lowest BCUT2D eigenvalue weighted by molar-refractivity contribution is -0.137. The molecule has 0 aromatic heterocycles. The number of benzene rings is 1. The number of aromatic hydroxyl groups is 1. The summed E-state index contributed by atoms with van der Waals surface area (Å²) < 4.78 is 9.88. The largest absolute Gasteiger partial charge is 0.507 e. The highest BCUT2D eigenvalue weighted by molar-refractivity contribution is 5.73. The molecule has 0 unspecified atom stereocenters. The fourth-order valence-corrected chi connectivity index (χ4v) is 1.98. The Balaban J connectivity index is 0. The summed E-state index contributed by atoms with van der Waals surface area (Å²) in [6.07, 6.45) is 2.74. The van der Waals surface area contributed by atoms with E-state index in [1.54, 1.807) is 6.07 Å². The Hall–Kier alpha value is -1.97. The van der Waals surface area contributed by atoms with Gasteiger partial charge in [0.25, 0.3) is 0 Å². The van der Waals surface area contributed by atoms with Crippen molar-refractivity contribution in [2.75, 3.05) is 6.61 Å². The zero-order valence-electron chi connectivity index (χ0n) is 13.4. The summed E-state index contributed by atoms with van der Waals surface area (Å²) in [6.45, 7) is 10.3. The van der Waals surface area contributed by atoms with Gasteiger partial charge in [0.2, 0.25) is 0 Å². The van der Waals surface area contributed by atoms with Crippen LogP contribution < -0.4 is 0 Å². The molecule has 0 bridgehead atoms. The number of hydrogen-bond donors (Lipinski definition) is 1. The van der Waals surface area contributed by atoms with E-state index in [1.807, 2.05) is 40.7 Å². The molecule has 1 rings (SSSR count). The lowest BCUT2D eigenvalue weighted by Gasteiger charge is -2.22. The molecule has 0 aliphatic carbocycles. The van der Waals surface area contributed by atoms with Crippen molar-refractivity contribution in [1.29, 1.82) is 0 Å². The van der Waals surface area contributed by atoms with E-state index < -0.39 is 0 Å². The van der Waals surface area contributed by atoms with Crippen LogP contribution in [-0.4, -0.2) is 17.7 Å². The van der Waals surface area contributed by atoms with Crippen molar-refractivity contribution in [3.8, 4) is 5.75 Å². The number of aryl methyl sites for hydroxylation is 1. The number of phenolic OH excluding ortho intramolecular Hbond substituents is 1. The first-order chi connectivity index (χ1) is 9.75. The highest BCUT2D eigenvalue weighted by Crippen LogP contribution is 2.34. The zero-order valence-corrected chi connectivity index (χ0v) is 13.4. The predicted octanol–water partition coefficient (Wildman–Crippen LogP) is 4.86. The maximum atomic E-state index is 11.7. The second-order valence-corrected chi connectivity index (χ2v) is 5.95. The highest BCUT2D eigenvalue weighted by atomic mass is 16.5. The second-order valence-electron chi connectivity index (χ2n) is 5.95. The molecule has 4 heteroatoms. The van der Waals surface area contributed by atoms with Gasteiger partial charge in [0, 0.05) is 0 Å². The van der Waals surface area contributed by atoms with E-state index in [9.17, 15) is 9.90 Å². The molecule has 0 spiro atoms. The molecule has 0 atom stereocenters. The summed E-state index contributed by atoms with van der Waals surface area (Å²) in [5.41, 5.74) is 2.22. The lowest BCUT2D eigenvalue weighted by atomic mass is 9.84. The van der Waals surface area contributed by atoms with Crippen LogP contribution in [0.5, 0.6) is 5.75 Å². The van der Waals surface area contributed by atoms with Gasteiger partial charge in [-0.2, -0.15) is 0 Å². The van der Waals surface area contributed by atoms with Crippen LogP contribution in [0.4, 0.5) is 0 Å². The number of hydrogen-bond acceptors (Lipinski definition) is 4. The molecule has 0 aliphatic rings. The van der Waals surface area contributed by atoms with Crippen LogP contribution in [0.25, 0.3) is 0 Å². The molecule has 1 N–H and O–H groups in total. The first kappa shape index (κ1) is 23.3. The number of phenols is 1. The number of rotatable bonds is 5. The third-order valence-corrected chi connectivity index (χ3v) is 3.03. The third kappa shape index (κ3) is 7.22. The minimum Gasteiger partial charge on any atom is -0.507 e. The molecule has 0 saturated carbocycles. The van der Waals surface area contributed by atoms with Crippen molar-refractivity contribution in [1.82, 2.24) is 0 Å². The Morgan fingerprint density at radius 1 is 1.22 bits per heavy atom. The SMILES string of the molecule is C.C.CCO/C=C/OC(=O)Cc1cc(C)c(O)c(C(C)(C)C)c1. The summed E-state index contributed by atoms with van der Waals surface area (Å²) in [7, 11) is 0. The van der Waals surface area contributed by atoms with Gasteiger partial charge in [-0.1, -0.05) is 47.8 Å². The summed E-state index contributed by atoms with van der Waals surface area (Å²) in [4.78, 5) is 11.7. The number of carbonyl (C=O) groups excluding carboxylic acids is 1. The topological polar surface area (TPSA) is 55.8 Å². The summed E-state index contributed by atoms with van der Waals surface area (Å²) in [6, 6.07) is 3.66. The van der Waals surface area contributed by atoms with Crippen molar-refractivity contribution in [3.63, 3.8) is 0 Å². The Labute approximate surface area is 141 Å². The highest BCUT2D eigenvalue weighted by Gasteiger charge is 2.20. The maximum absolute atomic E-state index is 11.7. The van der Waals surface area contributed by atoms with Gasteiger partial charge >= 0.3 is 5.97 Å². The van der Waals surface area contributed by atoms with Crippen LogP contribution in [0.1, 0.15) is 59.2 Å². The molecule has 132 valence electrons. The van der Waals surface area contributed by atoms with Crippen molar-refractivity contribution >= 4 is 5.97 Å². The fourth-order valence-electron chi connectivity index (χ4n) is 1.98. The van der Waals surface area contributed by atoms with Crippen LogP contribution in [0, 0.1) is 6.92 Å². The van der Waals surface area contributed by atoms with Gasteiger partial charge in [-0.15, -0.1) is 0 Å². The van der Waals surface area contributed by atoms with E-state index in [2.05, 4.69) is 0 Å². The minimum absolute atomic E-state index is 0.